The molecule has 0 spiro atoms. The molecule has 2 rings (SSSR count). The van der Waals surface area contributed by atoms with Gasteiger partial charge in [-0.3, -0.25) is 4.99 Å². The molecule has 98 valence electrons. The number of anilines is 1. The summed E-state index contributed by atoms with van der Waals surface area (Å²) in [6.45, 7) is 4.25. The Bertz CT molecular complexity index is 428. The first kappa shape index (κ1) is 12.7. The minimum atomic E-state index is 0.457. The predicted octanol–water partition coefficient (Wildman–Crippen LogP) is 1.23. The van der Waals surface area contributed by atoms with Gasteiger partial charge in [-0.2, -0.15) is 0 Å². The molecule has 18 heavy (non-hydrogen) atoms. The first-order valence-corrected chi connectivity index (χ1v) is 6.49. The lowest BCUT2D eigenvalue weighted by atomic mass is 10.2. The summed E-state index contributed by atoms with van der Waals surface area (Å²) in [5.41, 5.74) is 2.84. The van der Waals surface area contributed by atoms with Crippen LogP contribution in [0.25, 0.3) is 0 Å². The lowest BCUT2D eigenvalue weighted by Crippen LogP contribution is -2.44. The molecule has 1 aliphatic heterocycles. The van der Waals surface area contributed by atoms with E-state index in [-0.39, 0.29) is 0 Å². The van der Waals surface area contributed by atoms with E-state index in [0.717, 1.165) is 25.5 Å². The highest BCUT2D eigenvalue weighted by atomic mass is 15.2. The summed E-state index contributed by atoms with van der Waals surface area (Å²) in [7, 11) is 3.67. The van der Waals surface area contributed by atoms with E-state index in [4.69, 9.17) is 0 Å². The number of benzene rings is 1. The average molecular weight is 246 g/mol. The molecule has 0 amide bonds. The molecule has 1 aromatic carbocycles. The highest BCUT2D eigenvalue weighted by Crippen LogP contribution is 2.28. The third-order valence-corrected chi connectivity index (χ3v) is 3.48. The van der Waals surface area contributed by atoms with Crippen LogP contribution in [0.5, 0.6) is 0 Å². The Balaban J connectivity index is 1.97. The van der Waals surface area contributed by atoms with Crippen molar-refractivity contribution in [1.82, 2.24) is 10.6 Å². The number of rotatable bonds is 3. The van der Waals surface area contributed by atoms with Gasteiger partial charge >= 0.3 is 0 Å². The molecular formula is C14H22N4. The van der Waals surface area contributed by atoms with E-state index in [1.54, 1.807) is 7.05 Å². The normalized spacial score (nSPS) is 16.4. The lowest BCUT2D eigenvalue weighted by Gasteiger charge is -2.28. The first-order chi connectivity index (χ1) is 8.76. The zero-order chi connectivity index (χ0) is 13.0. The minimum absolute atomic E-state index is 0.457. The van der Waals surface area contributed by atoms with Crippen molar-refractivity contribution in [2.24, 2.45) is 4.99 Å². The molecule has 0 unspecified atom stereocenters. The molecular weight excluding hydrogens is 224 g/mol. The van der Waals surface area contributed by atoms with E-state index in [1.807, 2.05) is 7.05 Å². The number of hydrogen-bond acceptors (Lipinski definition) is 2. The zero-order valence-corrected chi connectivity index (χ0v) is 11.4. The summed E-state index contributed by atoms with van der Waals surface area (Å²) in [4.78, 5) is 6.59. The summed E-state index contributed by atoms with van der Waals surface area (Å²) in [5, 5.41) is 6.36. The Morgan fingerprint density at radius 3 is 2.94 bits per heavy atom. The highest BCUT2D eigenvalue weighted by Gasteiger charge is 2.22. The molecule has 1 aliphatic rings. The second-order valence-electron chi connectivity index (χ2n) is 4.62. The lowest BCUT2D eigenvalue weighted by molar-refractivity contribution is 0.629. The Labute approximate surface area is 109 Å². The second kappa shape index (κ2) is 5.76. The number of fused-ring (bicyclic) bond motifs is 1. The van der Waals surface area contributed by atoms with Gasteiger partial charge in [-0.05, 0) is 25.0 Å². The summed E-state index contributed by atoms with van der Waals surface area (Å²) < 4.78 is 0. The van der Waals surface area contributed by atoms with Crippen molar-refractivity contribution in [3.8, 4) is 0 Å². The number of aliphatic imine (C=N–C) groups is 1. The van der Waals surface area contributed by atoms with Crippen LogP contribution in [0.2, 0.25) is 0 Å². The van der Waals surface area contributed by atoms with Crippen LogP contribution in [-0.4, -0.2) is 39.2 Å². The standard InChI is InChI=1S/C14H22N4/c1-11(10-17-14(15-2)16-3)18-9-8-12-6-4-5-7-13(12)18/h4-7,11H,8-10H2,1-3H3,(H2,15,16,17)/t11-/m1/s1. The Morgan fingerprint density at radius 1 is 1.44 bits per heavy atom. The molecule has 0 bridgehead atoms. The van der Waals surface area contributed by atoms with Crippen LogP contribution in [0.3, 0.4) is 0 Å². The van der Waals surface area contributed by atoms with Gasteiger partial charge in [0.1, 0.15) is 0 Å². The van der Waals surface area contributed by atoms with E-state index >= 15 is 0 Å². The molecule has 4 nitrogen and oxygen atoms in total. The van der Waals surface area contributed by atoms with Gasteiger partial charge < -0.3 is 15.5 Å². The van der Waals surface area contributed by atoms with Crippen LogP contribution in [-0.2, 0) is 6.42 Å². The number of nitrogens with one attached hydrogen (secondary N) is 2. The van der Waals surface area contributed by atoms with E-state index in [9.17, 15) is 0 Å². The van der Waals surface area contributed by atoms with Gasteiger partial charge in [0.25, 0.3) is 0 Å². The van der Waals surface area contributed by atoms with Gasteiger partial charge in [0.2, 0.25) is 0 Å². The Morgan fingerprint density at radius 2 is 2.22 bits per heavy atom. The fourth-order valence-electron chi connectivity index (χ4n) is 2.46. The van der Waals surface area contributed by atoms with E-state index < -0.39 is 0 Å². The summed E-state index contributed by atoms with van der Waals surface area (Å²) >= 11 is 0. The van der Waals surface area contributed by atoms with Crippen molar-refractivity contribution in [3.63, 3.8) is 0 Å². The molecule has 0 aliphatic carbocycles. The fraction of sp³-hybridized carbons (Fsp3) is 0.500. The quantitative estimate of drug-likeness (QED) is 0.622. The van der Waals surface area contributed by atoms with Crippen LogP contribution < -0.4 is 15.5 Å². The van der Waals surface area contributed by atoms with Crippen molar-refractivity contribution < 1.29 is 0 Å². The molecule has 0 fully saturated rings. The molecule has 2 N–H and O–H groups in total. The van der Waals surface area contributed by atoms with E-state index in [2.05, 4.69) is 51.7 Å². The smallest absolute Gasteiger partial charge is 0.190 e. The van der Waals surface area contributed by atoms with Crippen molar-refractivity contribution in [1.29, 1.82) is 0 Å². The number of guanidine groups is 1. The molecule has 1 aromatic rings. The summed E-state index contributed by atoms with van der Waals surface area (Å²) in [6.07, 6.45) is 1.15. The number of hydrogen-bond donors (Lipinski definition) is 2. The Kier molecular flexibility index (Phi) is 4.07. The SMILES string of the molecule is CN=C(NC)NC[C@@H](C)N1CCc2ccccc21. The topological polar surface area (TPSA) is 39.7 Å². The van der Waals surface area contributed by atoms with Crippen molar-refractivity contribution in [2.45, 2.75) is 19.4 Å². The fourth-order valence-corrected chi connectivity index (χ4v) is 2.46. The van der Waals surface area contributed by atoms with Crippen molar-refractivity contribution in [2.75, 3.05) is 32.1 Å². The van der Waals surface area contributed by atoms with Gasteiger partial charge in [0.15, 0.2) is 5.96 Å². The monoisotopic (exact) mass is 246 g/mol. The molecule has 0 saturated carbocycles. The van der Waals surface area contributed by atoms with Crippen molar-refractivity contribution >= 4 is 11.6 Å². The maximum atomic E-state index is 4.13. The maximum absolute atomic E-state index is 4.13. The van der Waals surface area contributed by atoms with Crippen LogP contribution >= 0.6 is 0 Å². The molecule has 0 saturated heterocycles. The van der Waals surface area contributed by atoms with Crippen LogP contribution in [0.4, 0.5) is 5.69 Å². The molecule has 4 heteroatoms. The molecule has 1 heterocycles. The van der Waals surface area contributed by atoms with Gasteiger partial charge in [-0.25, -0.2) is 0 Å². The van der Waals surface area contributed by atoms with Crippen LogP contribution in [0.15, 0.2) is 29.3 Å². The number of para-hydroxylation sites is 1. The van der Waals surface area contributed by atoms with Gasteiger partial charge in [0.05, 0.1) is 0 Å². The minimum Gasteiger partial charge on any atom is -0.366 e. The molecule has 0 radical (unpaired) electrons. The van der Waals surface area contributed by atoms with Crippen LogP contribution in [0, 0.1) is 0 Å². The molecule has 1 atom stereocenters. The predicted molar refractivity (Wildman–Crippen MR) is 77.4 cm³/mol. The zero-order valence-electron chi connectivity index (χ0n) is 11.4. The second-order valence-corrected chi connectivity index (χ2v) is 4.62. The first-order valence-electron chi connectivity index (χ1n) is 6.49. The van der Waals surface area contributed by atoms with E-state index in [1.165, 1.54) is 11.3 Å². The highest BCUT2D eigenvalue weighted by molar-refractivity contribution is 5.79. The third kappa shape index (κ3) is 2.58. The third-order valence-electron chi connectivity index (χ3n) is 3.48. The van der Waals surface area contributed by atoms with E-state index in [0.29, 0.717) is 6.04 Å². The summed E-state index contributed by atoms with van der Waals surface area (Å²) in [5.74, 6) is 0.842. The average Bonchev–Trinajstić information content (AvgIpc) is 2.83. The largest absolute Gasteiger partial charge is 0.366 e. The van der Waals surface area contributed by atoms with Gasteiger partial charge in [-0.1, -0.05) is 18.2 Å². The van der Waals surface area contributed by atoms with Crippen LogP contribution in [0.1, 0.15) is 12.5 Å². The molecule has 0 aromatic heterocycles. The summed E-state index contributed by atoms with van der Waals surface area (Å²) in [6, 6.07) is 9.13. The maximum Gasteiger partial charge on any atom is 0.190 e. The van der Waals surface area contributed by atoms with Gasteiger partial charge in [0, 0.05) is 38.9 Å². The van der Waals surface area contributed by atoms with Crippen molar-refractivity contribution in [3.05, 3.63) is 29.8 Å². The number of nitrogens with zero attached hydrogens (tertiary/aromatic N) is 2. The Hall–Kier alpha value is -1.71. The van der Waals surface area contributed by atoms with Gasteiger partial charge in [-0.15, -0.1) is 0 Å².